The number of ether oxygens (including phenoxy) is 1. The largest absolute Gasteiger partial charge is 0.419 e. The maximum atomic E-state index is 12.8. The Morgan fingerprint density at radius 1 is 1.05 bits per heavy atom. The van der Waals surface area contributed by atoms with E-state index in [-0.39, 0.29) is 5.69 Å². The first kappa shape index (κ1) is 15.8. The van der Waals surface area contributed by atoms with Crippen LogP contribution < -0.4 is 9.64 Å². The summed E-state index contributed by atoms with van der Waals surface area (Å²) >= 11 is 0. The average Bonchev–Trinajstić information content (AvgIpc) is 2.46. The highest BCUT2D eigenvalue weighted by Gasteiger charge is 2.34. The molecule has 0 atom stereocenters. The van der Waals surface area contributed by atoms with E-state index in [9.17, 15) is 22.4 Å². The van der Waals surface area contributed by atoms with Crippen molar-refractivity contribution in [2.24, 2.45) is 0 Å². The van der Waals surface area contributed by atoms with Crippen molar-refractivity contribution in [3.8, 4) is 5.75 Å². The van der Waals surface area contributed by atoms with Crippen molar-refractivity contribution in [3.63, 3.8) is 0 Å². The van der Waals surface area contributed by atoms with Crippen molar-refractivity contribution in [1.29, 1.82) is 0 Å². The van der Waals surface area contributed by atoms with Gasteiger partial charge in [0.2, 0.25) is 0 Å². The molecule has 0 saturated heterocycles. The lowest BCUT2D eigenvalue weighted by molar-refractivity contribution is -0.138. The summed E-state index contributed by atoms with van der Waals surface area (Å²) in [5.74, 6) is -1.08. The standard InChI is InChI=1S/C15H11F4NO2/c1-20(11-8-6-10(16)7-9-11)14(21)22-13-5-3-2-4-12(13)15(17,18)19/h2-9H,1H3. The molecule has 0 radical (unpaired) electrons. The first-order chi connectivity index (χ1) is 10.3. The quantitative estimate of drug-likeness (QED) is 0.765. The third kappa shape index (κ3) is 3.55. The van der Waals surface area contributed by atoms with E-state index in [1.54, 1.807) is 0 Å². The Morgan fingerprint density at radius 3 is 2.23 bits per heavy atom. The summed E-state index contributed by atoms with van der Waals surface area (Å²) in [6.07, 6.45) is -5.64. The minimum Gasteiger partial charge on any atom is -0.409 e. The van der Waals surface area contributed by atoms with Crippen molar-refractivity contribution in [3.05, 3.63) is 59.9 Å². The van der Waals surface area contributed by atoms with Crippen molar-refractivity contribution in [1.82, 2.24) is 0 Å². The molecule has 0 aliphatic rings. The van der Waals surface area contributed by atoms with Gasteiger partial charge in [-0.2, -0.15) is 13.2 Å². The Balaban J connectivity index is 2.20. The number of alkyl halides is 3. The number of para-hydroxylation sites is 1. The van der Waals surface area contributed by atoms with E-state index in [2.05, 4.69) is 0 Å². The number of nitrogens with zero attached hydrogens (tertiary/aromatic N) is 1. The van der Waals surface area contributed by atoms with Gasteiger partial charge in [0, 0.05) is 12.7 Å². The third-order valence-electron chi connectivity index (χ3n) is 2.88. The molecule has 0 aliphatic heterocycles. The molecule has 2 aromatic carbocycles. The van der Waals surface area contributed by atoms with E-state index in [0.29, 0.717) is 0 Å². The number of carbonyl (C=O) groups is 1. The van der Waals surface area contributed by atoms with E-state index >= 15 is 0 Å². The smallest absolute Gasteiger partial charge is 0.409 e. The zero-order valence-corrected chi connectivity index (χ0v) is 11.4. The lowest BCUT2D eigenvalue weighted by Gasteiger charge is -2.18. The van der Waals surface area contributed by atoms with Crippen LogP contribution in [0.15, 0.2) is 48.5 Å². The van der Waals surface area contributed by atoms with Crippen LogP contribution in [0.2, 0.25) is 0 Å². The second-order valence-electron chi connectivity index (χ2n) is 4.40. The van der Waals surface area contributed by atoms with Crippen LogP contribution in [-0.4, -0.2) is 13.1 Å². The molecule has 1 amide bonds. The van der Waals surface area contributed by atoms with Gasteiger partial charge in [-0.05, 0) is 36.4 Å². The van der Waals surface area contributed by atoms with E-state index in [4.69, 9.17) is 4.74 Å². The summed E-state index contributed by atoms with van der Waals surface area (Å²) in [6, 6.07) is 9.28. The SMILES string of the molecule is CN(C(=O)Oc1ccccc1C(F)(F)F)c1ccc(F)cc1. The maximum Gasteiger partial charge on any atom is 0.419 e. The molecule has 2 aromatic rings. The lowest BCUT2D eigenvalue weighted by atomic mass is 10.2. The van der Waals surface area contributed by atoms with Gasteiger partial charge in [0.05, 0.1) is 5.56 Å². The molecule has 2 rings (SSSR count). The number of amides is 1. The molecule has 0 aromatic heterocycles. The number of carbonyl (C=O) groups excluding carboxylic acids is 1. The Morgan fingerprint density at radius 2 is 1.64 bits per heavy atom. The molecular weight excluding hydrogens is 302 g/mol. The molecule has 0 bridgehead atoms. The molecule has 0 aliphatic carbocycles. The van der Waals surface area contributed by atoms with Gasteiger partial charge in [0.15, 0.2) is 0 Å². The lowest BCUT2D eigenvalue weighted by Crippen LogP contribution is -2.30. The van der Waals surface area contributed by atoms with E-state index in [1.807, 2.05) is 0 Å². The van der Waals surface area contributed by atoms with Crippen LogP contribution in [0.4, 0.5) is 28.0 Å². The number of hydrogen-bond acceptors (Lipinski definition) is 2. The van der Waals surface area contributed by atoms with Gasteiger partial charge in [-0.1, -0.05) is 12.1 Å². The number of benzene rings is 2. The Labute approximate surface area is 123 Å². The summed E-state index contributed by atoms with van der Waals surface area (Å²) in [5.41, 5.74) is -0.758. The highest BCUT2D eigenvalue weighted by molar-refractivity contribution is 5.88. The zero-order valence-electron chi connectivity index (χ0n) is 11.4. The van der Waals surface area contributed by atoms with E-state index in [1.165, 1.54) is 31.3 Å². The predicted octanol–water partition coefficient (Wildman–Crippen LogP) is 4.48. The fraction of sp³-hybridized carbons (Fsp3) is 0.133. The number of halogens is 4. The molecule has 0 fully saturated rings. The summed E-state index contributed by atoms with van der Waals surface area (Å²) in [7, 11) is 1.31. The highest BCUT2D eigenvalue weighted by atomic mass is 19.4. The van der Waals surface area contributed by atoms with Crippen LogP contribution in [0.5, 0.6) is 5.75 Å². The van der Waals surface area contributed by atoms with Gasteiger partial charge in [0.25, 0.3) is 0 Å². The molecule has 0 heterocycles. The Bertz CT molecular complexity index is 668. The third-order valence-corrected chi connectivity index (χ3v) is 2.88. The summed E-state index contributed by atoms with van der Waals surface area (Å²) in [6.45, 7) is 0. The second kappa shape index (κ2) is 6.05. The molecule has 116 valence electrons. The molecule has 0 unspecified atom stereocenters. The normalized spacial score (nSPS) is 11.1. The topological polar surface area (TPSA) is 29.5 Å². The number of rotatable bonds is 2. The molecule has 0 saturated carbocycles. The Hall–Kier alpha value is -2.57. The highest BCUT2D eigenvalue weighted by Crippen LogP contribution is 2.36. The van der Waals surface area contributed by atoms with Crippen LogP contribution in [0.1, 0.15) is 5.56 Å². The van der Waals surface area contributed by atoms with E-state index < -0.39 is 29.4 Å². The van der Waals surface area contributed by atoms with Gasteiger partial charge in [-0.3, -0.25) is 4.90 Å². The number of hydrogen-bond donors (Lipinski definition) is 0. The first-order valence-electron chi connectivity index (χ1n) is 6.16. The first-order valence-corrected chi connectivity index (χ1v) is 6.16. The molecule has 0 spiro atoms. The van der Waals surface area contributed by atoms with Crippen molar-refractivity contribution < 1.29 is 27.1 Å². The van der Waals surface area contributed by atoms with Crippen LogP contribution in [-0.2, 0) is 6.18 Å². The summed E-state index contributed by atoms with van der Waals surface area (Å²) in [4.78, 5) is 12.9. The van der Waals surface area contributed by atoms with Crippen LogP contribution in [0.25, 0.3) is 0 Å². The summed E-state index contributed by atoms with van der Waals surface area (Å²) < 4.78 is 56.1. The predicted molar refractivity (Wildman–Crippen MR) is 72.3 cm³/mol. The monoisotopic (exact) mass is 313 g/mol. The summed E-state index contributed by atoms with van der Waals surface area (Å²) in [5, 5.41) is 0. The second-order valence-corrected chi connectivity index (χ2v) is 4.40. The minimum absolute atomic E-state index is 0.288. The molecular formula is C15H11F4NO2. The van der Waals surface area contributed by atoms with Crippen LogP contribution in [0, 0.1) is 5.82 Å². The van der Waals surface area contributed by atoms with Gasteiger partial charge >= 0.3 is 12.3 Å². The molecule has 0 N–H and O–H groups in total. The van der Waals surface area contributed by atoms with Crippen LogP contribution in [0.3, 0.4) is 0 Å². The fourth-order valence-corrected chi connectivity index (χ4v) is 1.72. The van der Waals surface area contributed by atoms with Crippen molar-refractivity contribution in [2.45, 2.75) is 6.18 Å². The molecule has 22 heavy (non-hydrogen) atoms. The van der Waals surface area contributed by atoms with Gasteiger partial charge in [0.1, 0.15) is 11.6 Å². The zero-order chi connectivity index (χ0) is 16.3. The number of anilines is 1. The molecule has 7 heteroatoms. The van der Waals surface area contributed by atoms with Crippen molar-refractivity contribution in [2.75, 3.05) is 11.9 Å². The van der Waals surface area contributed by atoms with Crippen molar-refractivity contribution >= 4 is 11.8 Å². The van der Waals surface area contributed by atoms with E-state index in [0.717, 1.165) is 29.2 Å². The minimum atomic E-state index is -4.63. The van der Waals surface area contributed by atoms with Gasteiger partial charge in [-0.25, -0.2) is 9.18 Å². The molecule has 3 nitrogen and oxygen atoms in total. The fourth-order valence-electron chi connectivity index (χ4n) is 1.72. The Kier molecular flexibility index (Phi) is 4.35. The van der Waals surface area contributed by atoms with Crippen LogP contribution >= 0.6 is 0 Å². The average molecular weight is 313 g/mol. The maximum absolute atomic E-state index is 12.8. The van der Waals surface area contributed by atoms with Gasteiger partial charge in [-0.15, -0.1) is 0 Å². The van der Waals surface area contributed by atoms with Gasteiger partial charge < -0.3 is 4.74 Å².